The fourth-order valence-corrected chi connectivity index (χ4v) is 3.74. The van der Waals surface area contributed by atoms with Gasteiger partial charge in [-0.2, -0.15) is 0 Å². The van der Waals surface area contributed by atoms with Gasteiger partial charge in [-0.3, -0.25) is 9.69 Å². The van der Waals surface area contributed by atoms with Crippen LogP contribution < -0.4 is 4.90 Å². The van der Waals surface area contributed by atoms with Crippen LogP contribution in [0.15, 0.2) is 52.9 Å². The summed E-state index contributed by atoms with van der Waals surface area (Å²) in [6, 6.07) is 15.8. The third-order valence-electron chi connectivity index (χ3n) is 5.33. The smallest absolute Gasteiger partial charge is 0.288 e. The Bertz CT molecular complexity index is 1060. The Morgan fingerprint density at radius 1 is 1.07 bits per heavy atom. The summed E-state index contributed by atoms with van der Waals surface area (Å²) in [6.07, 6.45) is 0. The molecule has 1 fully saturated rings. The van der Waals surface area contributed by atoms with Crippen LogP contribution in [-0.2, 0) is 6.67 Å². The number of Topliss-reactive ketones (excluding diaryl/α,β-unsaturated/α-hetero) is 1. The molecule has 0 aliphatic carbocycles. The zero-order chi connectivity index (χ0) is 20.4. The standard InChI is InChI=1S/C22H24N4O2S/c1-16-5-3-4-6-20(16)21-23-26(22(29)28-21)15-24-11-13-25(14-12-24)19-9-7-18(8-10-19)17(2)27/h3-10H,11-15H2,1-2H3. The highest BCUT2D eigenvalue weighted by Gasteiger charge is 2.19. The number of aromatic nitrogens is 2. The van der Waals surface area contributed by atoms with Gasteiger partial charge in [0.15, 0.2) is 5.78 Å². The van der Waals surface area contributed by atoms with E-state index in [1.165, 1.54) is 0 Å². The van der Waals surface area contributed by atoms with Crippen molar-refractivity contribution in [3.63, 3.8) is 0 Å². The summed E-state index contributed by atoms with van der Waals surface area (Å²) >= 11 is 5.39. The van der Waals surface area contributed by atoms with E-state index in [0.717, 1.165) is 48.6 Å². The molecule has 0 amide bonds. The van der Waals surface area contributed by atoms with Gasteiger partial charge in [0.05, 0.1) is 6.67 Å². The van der Waals surface area contributed by atoms with Gasteiger partial charge in [0.1, 0.15) is 0 Å². The van der Waals surface area contributed by atoms with E-state index < -0.39 is 0 Å². The zero-order valence-electron chi connectivity index (χ0n) is 16.7. The average Bonchev–Trinajstić information content (AvgIpc) is 3.09. The first-order chi connectivity index (χ1) is 14.0. The van der Waals surface area contributed by atoms with Crippen molar-refractivity contribution in [2.75, 3.05) is 31.1 Å². The number of hydrogen-bond donors (Lipinski definition) is 0. The van der Waals surface area contributed by atoms with Crippen LogP contribution in [0.1, 0.15) is 22.8 Å². The molecular formula is C22H24N4O2S. The Balaban J connectivity index is 1.39. The van der Waals surface area contributed by atoms with Crippen molar-refractivity contribution >= 4 is 23.7 Å². The van der Waals surface area contributed by atoms with Gasteiger partial charge in [0.25, 0.3) is 4.84 Å². The van der Waals surface area contributed by atoms with Crippen LogP contribution in [0.2, 0.25) is 0 Å². The molecule has 7 heteroatoms. The summed E-state index contributed by atoms with van der Waals surface area (Å²) in [4.78, 5) is 16.5. The van der Waals surface area contributed by atoms with Crippen molar-refractivity contribution in [2.24, 2.45) is 0 Å². The molecule has 0 spiro atoms. The summed E-state index contributed by atoms with van der Waals surface area (Å²) in [5, 5.41) is 4.60. The molecule has 1 aliphatic heterocycles. The second-order valence-corrected chi connectivity index (χ2v) is 7.69. The largest absolute Gasteiger partial charge is 0.409 e. The lowest BCUT2D eigenvalue weighted by Gasteiger charge is -2.35. The highest BCUT2D eigenvalue weighted by Crippen LogP contribution is 2.22. The van der Waals surface area contributed by atoms with Crippen LogP contribution in [0, 0.1) is 11.8 Å². The van der Waals surface area contributed by atoms with Gasteiger partial charge in [0, 0.05) is 43.0 Å². The van der Waals surface area contributed by atoms with Crippen LogP contribution in [0.3, 0.4) is 0 Å². The summed E-state index contributed by atoms with van der Waals surface area (Å²) in [6.45, 7) is 7.88. The lowest BCUT2D eigenvalue weighted by atomic mass is 10.1. The monoisotopic (exact) mass is 408 g/mol. The van der Waals surface area contributed by atoms with E-state index in [1.807, 2.05) is 55.5 Å². The second kappa shape index (κ2) is 8.31. The number of rotatable bonds is 5. The van der Waals surface area contributed by atoms with Crippen LogP contribution in [0.5, 0.6) is 0 Å². The van der Waals surface area contributed by atoms with E-state index in [4.69, 9.17) is 16.6 Å². The van der Waals surface area contributed by atoms with E-state index in [9.17, 15) is 4.79 Å². The van der Waals surface area contributed by atoms with Crippen LogP contribution in [0.4, 0.5) is 5.69 Å². The summed E-state index contributed by atoms with van der Waals surface area (Å²) in [7, 11) is 0. The van der Waals surface area contributed by atoms with Gasteiger partial charge in [-0.15, -0.1) is 5.10 Å². The van der Waals surface area contributed by atoms with Gasteiger partial charge in [0.2, 0.25) is 5.89 Å². The maximum Gasteiger partial charge on any atom is 0.288 e. The van der Waals surface area contributed by atoms with Crippen molar-refractivity contribution in [2.45, 2.75) is 20.5 Å². The maximum atomic E-state index is 11.4. The normalized spacial score (nSPS) is 14.9. The number of carbonyl (C=O) groups excluding carboxylic acids is 1. The molecule has 0 saturated carbocycles. The molecule has 0 radical (unpaired) electrons. The van der Waals surface area contributed by atoms with E-state index in [1.54, 1.807) is 11.6 Å². The molecule has 0 N–H and O–H groups in total. The van der Waals surface area contributed by atoms with Crippen molar-refractivity contribution in [3.05, 3.63) is 64.5 Å². The molecule has 2 heterocycles. The molecule has 1 aliphatic rings. The van der Waals surface area contributed by atoms with Crippen molar-refractivity contribution in [3.8, 4) is 11.5 Å². The minimum absolute atomic E-state index is 0.0933. The fraction of sp³-hybridized carbons (Fsp3) is 0.318. The number of anilines is 1. The molecule has 1 aromatic heterocycles. The molecule has 0 bridgehead atoms. The third-order valence-corrected chi connectivity index (χ3v) is 5.62. The number of nitrogens with zero attached hydrogens (tertiary/aromatic N) is 4. The molecule has 29 heavy (non-hydrogen) atoms. The molecule has 1 saturated heterocycles. The number of hydrogen-bond acceptors (Lipinski definition) is 6. The number of piperazine rings is 1. The predicted octanol–water partition coefficient (Wildman–Crippen LogP) is 4.16. The maximum absolute atomic E-state index is 11.4. The molecule has 150 valence electrons. The quantitative estimate of drug-likeness (QED) is 0.467. The second-order valence-electron chi connectivity index (χ2n) is 7.34. The van der Waals surface area contributed by atoms with Gasteiger partial charge in [-0.1, -0.05) is 18.2 Å². The minimum atomic E-state index is 0.0933. The van der Waals surface area contributed by atoms with E-state index in [2.05, 4.69) is 14.9 Å². The number of aryl methyl sites for hydroxylation is 1. The topological polar surface area (TPSA) is 54.5 Å². The summed E-state index contributed by atoms with van der Waals surface area (Å²) in [5.74, 6) is 0.660. The fourth-order valence-electron chi connectivity index (χ4n) is 3.56. The molecule has 0 unspecified atom stereocenters. The summed E-state index contributed by atoms with van der Waals surface area (Å²) in [5.41, 5.74) is 3.98. The Labute approximate surface area is 175 Å². The molecule has 0 atom stereocenters. The average molecular weight is 409 g/mol. The first-order valence-electron chi connectivity index (χ1n) is 9.73. The number of benzene rings is 2. The van der Waals surface area contributed by atoms with Gasteiger partial charge < -0.3 is 9.32 Å². The lowest BCUT2D eigenvalue weighted by Crippen LogP contribution is -2.46. The molecule has 2 aromatic carbocycles. The first kappa shape index (κ1) is 19.5. The number of ketones is 1. The van der Waals surface area contributed by atoms with E-state index in [-0.39, 0.29) is 5.78 Å². The molecular weight excluding hydrogens is 384 g/mol. The van der Waals surface area contributed by atoms with Gasteiger partial charge in [-0.25, -0.2) is 4.68 Å². The zero-order valence-corrected chi connectivity index (χ0v) is 17.5. The SMILES string of the molecule is CC(=O)c1ccc(N2CCN(Cn3nc(-c4ccccc4C)oc3=S)CC2)cc1. The van der Waals surface area contributed by atoms with Crippen molar-refractivity contribution in [1.82, 2.24) is 14.7 Å². The minimum Gasteiger partial charge on any atom is -0.409 e. The van der Waals surface area contributed by atoms with Gasteiger partial charge in [-0.05, 0) is 62.0 Å². The Morgan fingerprint density at radius 3 is 2.41 bits per heavy atom. The van der Waals surface area contributed by atoms with Crippen LogP contribution in [-0.4, -0.2) is 46.6 Å². The highest BCUT2D eigenvalue weighted by atomic mass is 32.1. The van der Waals surface area contributed by atoms with Crippen LogP contribution in [0.25, 0.3) is 11.5 Å². The van der Waals surface area contributed by atoms with Crippen molar-refractivity contribution < 1.29 is 9.21 Å². The third kappa shape index (κ3) is 4.31. The molecule has 4 rings (SSSR count). The first-order valence-corrected chi connectivity index (χ1v) is 10.1. The number of carbonyl (C=O) groups is 1. The van der Waals surface area contributed by atoms with Crippen molar-refractivity contribution in [1.29, 1.82) is 0 Å². The van der Waals surface area contributed by atoms with E-state index >= 15 is 0 Å². The summed E-state index contributed by atoms with van der Waals surface area (Å²) < 4.78 is 7.50. The molecule has 3 aromatic rings. The molecule has 6 nitrogen and oxygen atoms in total. The Hall–Kier alpha value is -2.77. The van der Waals surface area contributed by atoms with E-state index in [0.29, 0.717) is 17.4 Å². The van der Waals surface area contributed by atoms with Crippen LogP contribution >= 0.6 is 12.2 Å². The Kier molecular flexibility index (Phi) is 5.60. The Morgan fingerprint density at radius 2 is 1.76 bits per heavy atom. The highest BCUT2D eigenvalue weighted by molar-refractivity contribution is 7.71. The van der Waals surface area contributed by atoms with Gasteiger partial charge >= 0.3 is 0 Å². The predicted molar refractivity (Wildman–Crippen MR) is 116 cm³/mol. The lowest BCUT2D eigenvalue weighted by molar-refractivity contribution is 0.101.